The Morgan fingerprint density at radius 1 is 0.712 bits per heavy atom. The Morgan fingerprint density at radius 2 is 1.23 bits per heavy atom. The zero-order valence-electron chi connectivity index (χ0n) is 62.2. The van der Waals surface area contributed by atoms with E-state index in [1.165, 1.54) is 32.1 Å². The number of hydrogen-bond donors (Lipinski definition) is 1. The highest BCUT2D eigenvalue weighted by Gasteiger charge is 2.27. The molecule has 0 amide bonds. The fourth-order valence-corrected chi connectivity index (χ4v) is 4.72. The van der Waals surface area contributed by atoms with Crippen LogP contribution in [0.25, 0.3) is 0 Å². The molecular formula is C42H83NO8P+. The van der Waals surface area contributed by atoms with Crippen LogP contribution < -0.4 is 0 Å². The molecular weight excluding hydrogens is 677 g/mol. The Bertz CT molecular complexity index is 2170. The number of quaternary nitrogens is 1. The number of unbranched alkanes of at least 4 members (excludes halogenated alkanes) is 11. The zero-order valence-corrected chi connectivity index (χ0v) is 32.1. The predicted molar refractivity (Wildman–Crippen MR) is 215 cm³/mol. The fraction of sp³-hybridized carbons (Fsp3) is 0.905. The minimum atomic E-state index is -5.24. The van der Waals surface area contributed by atoms with Crippen LogP contribution in [0.1, 0.15) is 235 Å². The van der Waals surface area contributed by atoms with Gasteiger partial charge in [-0.3, -0.25) is 18.6 Å². The number of likely N-dealkylation sites (N-methyl/N-ethyl adjacent to an activating group) is 1. The lowest BCUT2D eigenvalue weighted by atomic mass is 10.0. The summed E-state index contributed by atoms with van der Waals surface area (Å²) in [6.07, 6.45) is -55.5. The first-order valence-electron chi connectivity index (χ1n) is 33.1. The van der Waals surface area contributed by atoms with Gasteiger partial charge in [0.2, 0.25) is 0 Å². The topological polar surface area (TPSA) is 108 Å². The van der Waals surface area contributed by atoms with Gasteiger partial charge in [-0.1, -0.05) is 154 Å². The minimum Gasteiger partial charge on any atom is -0.462 e. The summed E-state index contributed by atoms with van der Waals surface area (Å²) in [5.41, 5.74) is 0. The normalized spacial score (nSPS) is 26.7. The largest absolute Gasteiger partial charge is 0.472 e. The van der Waals surface area contributed by atoms with Crippen molar-refractivity contribution in [1.29, 1.82) is 0 Å². The standard InChI is InChI=1S/C42H82NO8P/c1-6-8-10-12-14-16-18-20-21-23-25-27-29-31-33-35-42(45)51-40(39-50-52(46,47)49-37-36-43(3,4)5)38-48-41(44)34-32-30-28-26-24-22-19-17-15-13-11-9-7-2/h20-21,40H,6-19,22-39H2,1-5H3/p+1/b21-20-/t40-/m1/s1/i2D3,7D2,9D2,11D2,13D2,15D2,17D2,19D2,22D2,24D2,26D2,28D2,30D2,32D2,34D2. The first-order valence-corrected chi connectivity index (χ1v) is 19.1. The molecule has 0 aliphatic carbocycles. The lowest BCUT2D eigenvalue weighted by Crippen LogP contribution is -2.37. The summed E-state index contributed by atoms with van der Waals surface area (Å²) in [4.78, 5) is 36.8. The minimum absolute atomic E-state index is 0.178. The summed E-state index contributed by atoms with van der Waals surface area (Å²) in [6.45, 7) is -4.66. The highest BCUT2D eigenvalue weighted by Crippen LogP contribution is 2.43. The van der Waals surface area contributed by atoms with Crippen LogP contribution >= 0.6 is 7.82 Å². The van der Waals surface area contributed by atoms with Crippen molar-refractivity contribution in [2.75, 3.05) is 47.5 Å². The van der Waals surface area contributed by atoms with E-state index in [4.69, 9.17) is 61.0 Å². The van der Waals surface area contributed by atoms with Crippen molar-refractivity contribution in [3.8, 4) is 0 Å². The van der Waals surface area contributed by atoms with Crippen molar-refractivity contribution in [3.05, 3.63) is 12.2 Å². The Labute approximate surface area is 364 Å². The molecule has 9 nitrogen and oxygen atoms in total. The molecule has 0 spiro atoms. The van der Waals surface area contributed by atoms with Gasteiger partial charge in [0.15, 0.2) is 6.10 Å². The number of phosphoric acid groups is 1. The molecule has 52 heavy (non-hydrogen) atoms. The molecule has 10 heteroatoms. The number of rotatable bonds is 39. The predicted octanol–water partition coefficient (Wildman–Crippen LogP) is 11.8. The molecule has 1 N–H and O–H groups in total. The van der Waals surface area contributed by atoms with E-state index in [0.717, 1.165) is 38.5 Å². The molecule has 0 aliphatic heterocycles. The number of phosphoric ester groups is 1. The fourth-order valence-electron chi connectivity index (χ4n) is 3.98. The van der Waals surface area contributed by atoms with Gasteiger partial charge in [0.05, 0.1) is 27.7 Å². The van der Waals surface area contributed by atoms with Gasteiger partial charge >= 0.3 is 19.8 Å². The van der Waals surface area contributed by atoms with E-state index in [1.807, 2.05) is 0 Å². The number of carbonyl (C=O) groups excluding carboxylic acids is 2. The highest BCUT2D eigenvalue weighted by molar-refractivity contribution is 7.47. The van der Waals surface area contributed by atoms with Crippen molar-refractivity contribution in [3.63, 3.8) is 0 Å². The zero-order chi connectivity index (χ0) is 66.2. The molecule has 0 aliphatic rings. The van der Waals surface area contributed by atoms with E-state index in [1.54, 1.807) is 21.1 Å². The van der Waals surface area contributed by atoms with Gasteiger partial charge in [-0.2, -0.15) is 0 Å². The van der Waals surface area contributed by atoms with Crippen LogP contribution in [0.5, 0.6) is 0 Å². The average Bonchev–Trinajstić information content (AvgIpc) is 3.31. The van der Waals surface area contributed by atoms with Gasteiger partial charge in [0.25, 0.3) is 0 Å². The molecule has 1 unspecified atom stereocenters. The summed E-state index contributed by atoms with van der Waals surface area (Å²) < 4.78 is 287. The second kappa shape index (κ2) is 35.5. The van der Waals surface area contributed by atoms with Gasteiger partial charge in [-0.15, -0.1) is 0 Å². The van der Waals surface area contributed by atoms with Crippen LogP contribution in [-0.4, -0.2) is 74.9 Å². The maximum Gasteiger partial charge on any atom is 0.472 e. The number of esters is 2. The SMILES string of the molecule is [2H]C([2H])([2H])C([2H])([2H])C([2H])([2H])C([2H])([2H])C([2H])([2H])C([2H])([2H])C([2H])([2H])C([2H])([2H])C([2H])([2H])C([2H])([2H])C([2H])([2H])C([2H])([2H])C([2H])([2H])C([2H])([2H])C([2H])([2H])C(=O)OC[C@H](COP(=O)(O)OCC[N+](C)(C)C)OC(=O)CCCCCCC/C=C\CCCCCCCC. The average molecular weight is 792 g/mol. The van der Waals surface area contributed by atoms with E-state index in [-0.39, 0.29) is 30.5 Å². The summed E-state index contributed by atoms with van der Waals surface area (Å²) in [7, 11) is 0.188. The molecule has 0 bridgehead atoms. The molecule has 2 atom stereocenters. The molecule has 308 valence electrons. The van der Waals surface area contributed by atoms with Gasteiger partial charge in [0.1, 0.15) is 19.8 Å². The smallest absolute Gasteiger partial charge is 0.462 e. The van der Waals surface area contributed by atoms with Crippen molar-refractivity contribution in [2.24, 2.45) is 0 Å². The molecule has 0 aromatic rings. The lowest BCUT2D eigenvalue weighted by molar-refractivity contribution is -0.870. The summed E-state index contributed by atoms with van der Waals surface area (Å²) in [6, 6.07) is 0. The quantitative estimate of drug-likeness (QED) is 0.0215. The van der Waals surface area contributed by atoms with Crippen LogP contribution in [0.4, 0.5) is 0 Å². The first kappa shape index (κ1) is 19.3. The van der Waals surface area contributed by atoms with E-state index in [0.29, 0.717) is 6.42 Å². The molecule has 0 aromatic heterocycles. The van der Waals surface area contributed by atoms with Crippen LogP contribution in [0, 0.1) is 0 Å². The molecule has 0 rings (SSSR count). The Balaban J connectivity index is 6.84. The number of carbonyl (C=O) groups is 2. The maximum absolute atomic E-state index is 13.5. The van der Waals surface area contributed by atoms with Gasteiger partial charge < -0.3 is 18.9 Å². The summed E-state index contributed by atoms with van der Waals surface area (Å²) >= 11 is 0. The maximum atomic E-state index is 13.5. The first-order chi connectivity index (χ1) is 36.7. The third-order valence-corrected chi connectivity index (χ3v) is 7.68. The van der Waals surface area contributed by atoms with Crippen molar-refractivity contribution < 1.29 is 84.5 Å². The number of ether oxygens (including phenoxy) is 2. The molecule has 0 fully saturated rings. The van der Waals surface area contributed by atoms with Crippen molar-refractivity contribution in [2.45, 2.75) is 199 Å². The van der Waals surface area contributed by atoms with Gasteiger partial charge in [-0.05, 0) is 38.5 Å². The lowest BCUT2D eigenvalue weighted by Gasteiger charge is -2.24. The summed E-state index contributed by atoms with van der Waals surface area (Å²) in [5.74, 6) is -3.49. The van der Waals surface area contributed by atoms with E-state index in [2.05, 4.69) is 19.1 Å². The summed E-state index contributed by atoms with van der Waals surface area (Å²) in [5, 5.41) is 0. The third-order valence-electron chi connectivity index (χ3n) is 6.70. The Hall–Kier alpha value is -1.25. The second-order valence-electron chi connectivity index (χ2n) is 12.4. The van der Waals surface area contributed by atoms with E-state index < -0.39 is 135 Å². The van der Waals surface area contributed by atoms with Crippen LogP contribution in [0.3, 0.4) is 0 Å². The Morgan fingerprint density at radius 3 is 1.79 bits per heavy atom. The third kappa shape index (κ3) is 38.5. The Kier molecular flexibility index (Phi) is 13.1. The van der Waals surface area contributed by atoms with E-state index in [9.17, 15) is 19.0 Å². The molecule has 0 aromatic carbocycles. The number of allylic oxidation sites excluding steroid dienone is 2. The molecule has 0 saturated carbocycles. The number of nitrogens with zero attached hydrogens (tertiary/aromatic N) is 1. The highest BCUT2D eigenvalue weighted by atomic mass is 31.2. The van der Waals surface area contributed by atoms with Crippen molar-refractivity contribution in [1.82, 2.24) is 0 Å². The van der Waals surface area contributed by atoms with Crippen LogP contribution in [-0.2, 0) is 32.7 Å². The van der Waals surface area contributed by atoms with Crippen LogP contribution in [0.2, 0.25) is 0 Å². The molecule has 0 radical (unpaired) electrons. The monoisotopic (exact) mass is 792 g/mol. The number of hydrogen-bond acceptors (Lipinski definition) is 7. The molecule has 0 saturated heterocycles. The van der Waals surface area contributed by atoms with Gasteiger partial charge in [-0.25, -0.2) is 4.57 Å². The van der Waals surface area contributed by atoms with E-state index >= 15 is 0 Å². The molecule has 0 heterocycles. The second-order valence-corrected chi connectivity index (χ2v) is 13.9. The van der Waals surface area contributed by atoms with Crippen molar-refractivity contribution >= 4 is 19.8 Å². The van der Waals surface area contributed by atoms with Crippen LogP contribution in [0.15, 0.2) is 12.2 Å². The van der Waals surface area contributed by atoms with Gasteiger partial charge in [0, 0.05) is 55.3 Å².